The Balaban J connectivity index is 2.11. The molecular formula is C10H9N3+. The van der Waals surface area contributed by atoms with Gasteiger partial charge in [-0.3, -0.25) is 0 Å². The van der Waals surface area contributed by atoms with E-state index >= 15 is 0 Å². The zero-order chi connectivity index (χ0) is 8.93. The molecule has 0 spiro atoms. The summed E-state index contributed by atoms with van der Waals surface area (Å²) in [6.07, 6.45) is 5.20. The molecule has 0 fully saturated rings. The van der Waals surface area contributed by atoms with Gasteiger partial charge in [0.1, 0.15) is 12.4 Å². The van der Waals surface area contributed by atoms with Crippen molar-refractivity contribution in [3.8, 4) is 0 Å². The van der Waals surface area contributed by atoms with Gasteiger partial charge in [0, 0.05) is 6.08 Å². The van der Waals surface area contributed by atoms with Crippen LogP contribution < -0.4 is 10.3 Å². The minimum Gasteiger partial charge on any atom is -0.239 e. The Morgan fingerprint density at radius 2 is 2.00 bits per heavy atom. The van der Waals surface area contributed by atoms with Crippen LogP contribution in [0.1, 0.15) is 0 Å². The van der Waals surface area contributed by atoms with Gasteiger partial charge in [0.05, 0.1) is 5.69 Å². The molecule has 1 aliphatic heterocycles. The number of allylic oxidation sites excluding steroid dienone is 1. The number of nitrogens with one attached hydrogen (secondary N) is 1. The lowest BCUT2D eigenvalue weighted by Gasteiger charge is -1.95. The van der Waals surface area contributed by atoms with Crippen molar-refractivity contribution in [1.82, 2.24) is 4.99 Å². The minimum absolute atomic E-state index is 0.619. The summed E-state index contributed by atoms with van der Waals surface area (Å²) in [7, 11) is 0. The molecule has 0 saturated heterocycles. The van der Waals surface area contributed by atoms with E-state index in [0.29, 0.717) is 5.96 Å². The molecule has 13 heavy (non-hydrogen) atoms. The van der Waals surface area contributed by atoms with Crippen molar-refractivity contribution in [2.75, 3.05) is 5.32 Å². The highest BCUT2D eigenvalue weighted by atomic mass is 15.1. The quantitative estimate of drug-likeness (QED) is 0.681. The molecular weight excluding hydrogens is 162 g/mol. The van der Waals surface area contributed by atoms with Gasteiger partial charge >= 0.3 is 5.96 Å². The molecule has 0 aliphatic carbocycles. The molecule has 0 aromatic heterocycles. The fourth-order valence-electron chi connectivity index (χ4n) is 1.01. The Bertz CT molecular complexity index is 363. The third-order valence-corrected chi connectivity index (χ3v) is 1.60. The third-order valence-electron chi connectivity index (χ3n) is 1.60. The molecule has 1 N–H and O–H groups in total. The van der Waals surface area contributed by atoms with Crippen molar-refractivity contribution in [2.24, 2.45) is 4.99 Å². The Labute approximate surface area is 76.5 Å². The maximum Gasteiger partial charge on any atom is 0.430 e. The largest absolute Gasteiger partial charge is 0.430 e. The van der Waals surface area contributed by atoms with E-state index in [9.17, 15) is 0 Å². The molecule has 0 unspecified atom stereocenters. The second-order valence-electron chi connectivity index (χ2n) is 2.56. The van der Waals surface area contributed by atoms with Crippen LogP contribution in [0.5, 0.6) is 0 Å². The normalized spacial score (nSPS) is 14.0. The average Bonchev–Trinajstić information content (AvgIpc) is 2.21. The first-order valence-electron chi connectivity index (χ1n) is 4.04. The first-order valence-corrected chi connectivity index (χ1v) is 4.04. The van der Waals surface area contributed by atoms with Crippen LogP contribution in [0.25, 0.3) is 0 Å². The van der Waals surface area contributed by atoms with Crippen LogP contribution in [0.4, 0.5) is 5.69 Å². The lowest BCUT2D eigenvalue weighted by Crippen LogP contribution is -2.18. The maximum atomic E-state index is 4.05. The van der Waals surface area contributed by atoms with Crippen LogP contribution in [0.15, 0.2) is 47.6 Å². The fourth-order valence-corrected chi connectivity index (χ4v) is 1.01. The van der Waals surface area contributed by atoms with E-state index in [0.717, 1.165) is 5.69 Å². The Hall–Kier alpha value is -1.90. The molecule has 1 aromatic rings. The van der Waals surface area contributed by atoms with Gasteiger partial charge in [-0.05, 0) is 12.1 Å². The highest BCUT2D eigenvalue weighted by Gasteiger charge is 2.07. The molecule has 0 amide bonds. The van der Waals surface area contributed by atoms with Crippen molar-refractivity contribution in [3.05, 3.63) is 42.6 Å². The van der Waals surface area contributed by atoms with E-state index in [4.69, 9.17) is 0 Å². The van der Waals surface area contributed by atoms with Crippen LogP contribution in [-0.2, 0) is 0 Å². The molecule has 1 radical (unpaired) electrons. The van der Waals surface area contributed by atoms with Gasteiger partial charge < -0.3 is 0 Å². The molecule has 63 valence electrons. The van der Waals surface area contributed by atoms with E-state index in [1.807, 2.05) is 30.3 Å². The van der Waals surface area contributed by atoms with Gasteiger partial charge in [-0.2, -0.15) is 0 Å². The standard InChI is InChI=1S/C10H9N3/c1-2-5-9(6-3-1)13-10-11-7-4-8-12-10/h1-8H,(H,11,13)/q+1. The Morgan fingerprint density at radius 1 is 1.15 bits per heavy atom. The van der Waals surface area contributed by atoms with Crippen LogP contribution >= 0.6 is 0 Å². The van der Waals surface area contributed by atoms with Gasteiger partial charge in [0.2, 0.25) is 0 Å². The molecule has 1 aliphatic rings. The molecule has 1 heterocycles. The van der Waals surface area contributed by atoms with Crippen molar-refractivity contribution >= 4 is 17.9 Å². The zero-order valence-corrected chi connectivity index (χ0v) is 7.01. The number of aliphatic imine (C=N–C) groups is 2. The van der Waals surface area contributed by atoms with Gasteiger partial charge in [-0.15, -0.1) is 0 Å². The summed E-state index contributed by atoms with van der Waals surface area (Å²) >= 11 is 0. The topological polar surface area (TPSA) is 38.5 Å². The zero-order valence-electron chi connectivity index (χ0n) is 7.01. The van der Waals surface area contributed by atoms with E-state index < -0.39 is 0 Å². The highest BCUT2D eigenvalue weighted by molar-refractivity contribution is 5.99. The number of rotatable bonds is 1. The molecule has 3 heteroatoms. The number of guanidine groups is 1. The van der Waals surface area contributed by atoms with E-state index in [-0.39, 0.29) is 0 Å². The smallest absolute Gasteiger partial charge is 0.239 e. The summed E-state index contributed by atoms with van der Waals surface area (Å²) in [5.74, 6) is 0.619. The van der Waals surface area contributed by atoms with Crippen molar-refractivity contribution in [2.45, 2.75) is 0 Å². The van der Waals surface area contributed by atoms with Crippen LogP contribution in [-0.4, -0.2) is 12.2 Å². The van der Waals surface area contributed by atoms with Crippen molar-refractivity contribution in [1.29, 1.82) is 0 Å². The molecule has 0 saturated carbocycles. The van der Waals surface area contributed by atoms with Crippen molar-refractivity contribution in [3.63, 3.8) is 0 Å². The molecule has 3 nitrogen and oxygen atoms in total. The highest BCUT2D eigenvalue weighted by Crippen LogP contribution is 2.04. The van der Waals surface area contributed by atoms with Crippen molar-refractivity contribution < 1.29 is 0 Å². The lowest BCUT2D eigenvalue weighted by atomic mass is 10.3. The Morgan fingerprint density at radius 3 is 2.69 bits per heavy atom. The second-order valence-corrected chi connectivity index (χ2v) is 2.56. The summed E-state index contributed by atoms with van der Waals surface area (Å²) in [5.41, 5.74) is 0.994. The average molecular weight is 171 g/mol. The van der Waals surface area contributed by atoms with E-state index in [1.54, 1.807) is 18.5 Å². The van der Waals surface area contributed by atoms with E-state index in [1.165, 1.54) is 0 Å². The van der Waals surface area contributed by atoms with Gasteiger partial charge in [-0.25, -0.2) is 5.32 Å². The summed E-state index contributed by atoms with van der Waals surface area (Å²) in [5, 5.41) is 3.08. The lowest BCUT2D eigenvalue weighted by molar-refractivity contribution is 1.36. The van der Waals surface area contributed by atoms with E-state index in [2.05, 4.69) is 15.3 Å². The van der Waals surface area contributed by atoms with Gasteiger partial charge in [-0.1, -0.05) is 28.2 Å². The Kier molecular flexibility index (Phi) is 2.18. The van der Waals surface area contributed by atoms with Crippen LogP contribution in [0.2, 0.25) is 0 Å². The number of anilines is 1. The predicted molar refractivity (Wildman–Crippen MR) is 54.8 cm³/mol. The second kappa shape index (κ2) is 3.67. The fraction of sp³-hybridized carbons (Fsp3) is 0. The third kappa shape index (κ3) is 2.02. The number of para-hydroxylation sites is 1. The predicted octanol–water partition coefficient (Wildman–Crippen LogP) is 1.39. The van der Waals surface area contributed by atoms with Crippen LogP contribution in [0, 0.1) is 0 Å². The summed E-state index contributed by atoms with van der Waals surface area (Å²) in [4.78, 5) is 8.10. The summed E-state index contributed by atoms with van der Waals surface area (Å²) in [6.45, 7) is 0. The molecule has 0 atom stereocenters. The maximum absolute atomic E-state index is 4.05. The molecule has 1 aromatic carbocycles. The first-order chi connectivity index (χ1) is 6.45. The van der Waals surface area contributed by atoms with Gasteiger partial charge in [0.25, 0.3) is 0 Å². The summed E-state index contributed by atoms with van der Waals surface area (Å²) < 4.78 is 0. The first kappa shape index (κ1) is 7.73. The number of nitrogens with zero attached hydrogens (tertiary/aromatic N) is 2. The molecule has 2 rings (SSSR count). The number of benzene rings is 1. The monoisotopic (exact) mass is 171 g/mol. The summed E-state index contributed by atoms with van der Waals surface area (Å²) in [6, 6.07) is 9.83. The number of hydrogen-bond acceptors (Lipinski definition) is 3. The minimum atomic E-state index is 0.619. The molecule has 0 bridgehead atoms. The SMILES string of the molecule is C1=CN=C(Nc2ccccc2)[N+]=C1. The number of hydrogen-bond donors (Lipinski definition) is 1. The van der Waals surface area contributed by atoms with Crippen LogP contribution in [0.3, 0.4) is 0 Å². The van der Waals surface area contributed by atoms with Gasteiger partial charge in [0.15, 0.2) is 0 Å².